The van der Waals surface area contributed by atoms with Crippen LogP contribution >= 0.6 is 11.6 Å². The van der Waals surface area contributed by atoms with Gasteiger partial charge in [-0.1, -0.05) is 23.7 Å². The molecule has 2 heterocycles. The minimum absolute atomic E-state index is 0.0622. The van der Waals surface area contributed by atoms with E-state index < -0.39 is 0 Å². The number of para-hydroxylation sites is 2. The van der Waals surface area contributed by atoms with Crippen molar-refractivity contribution in [3.05, 3.63) is 47.2 Å². The van der Waals surface area contributed by atoms with Gasteiger partial charge in [0.2, 0.25) is 5.91 Å². The van der Waals surface area contributed by atoms with E-state index in [0.29, 0.717) is 28.6 Å². The Balaban J connectivity index is 1.55. The highest BCUT2D eigenvalue weighted by atomic mass is 35.5. The lowest BCUT2D eigenvalue weighted by atomic mass is 9.96. The highest BCUT2D eigenvalue weighted by Crippen LogP contribution is 2.36. The van der Waals surface area contributed by atoms with Crippen LogP contribution in [-0.4, -0.2) is 29.7 Å². The number of benzene rings is 2. The molecule has 1 atom stereocenters. The molecule has 1 amide bonds. The Bertz CT molecular complexity index is 1020. The Hall–Kier alpha value is -2.73. The van der Waals surface area contributed by atoms with E-state index in [-0.39, 0.29) is 11.8 Å². The van der Waals surface area contributed by atoms with Gasteiger partial charge in [0.25, 0.3) is 0 Å². The van der Waals surface area contributed by atoms with Gasteiger partial charge in [0.05, 0.1) is 36.0 Å². The molecule has 0 radical (unpaired) electrons. The van der Waals surface area contributed by atoms with Gasteiger partial charge in [0.1, 0.15) is 17.3 Å². The van der Waals surface area contributed by atoms with E-state index in [1.807, 2.05) is 18.2 Å². The summed E-state index contributed by atoms with van der Waals surface area (Å²) in [4.78, 5) is 17.5. The number of halogens is 1. The zero-order valence-electron chi connectivity index (χ0n) is 15.2. The molecule has 0 bridgehead atoms. The number of fused-ring (bicyclic) bond motifs is 3. The van der Waals surface area contributed by atoms with E-state index in [2.05, 4.69) is 20.9 Å². The van der Waals surface area contributed by atoms with Gasteiger partial charge in [-0.3, -0.25) is 4.79 Å². The Morgan fingerprint density at radius 3 is 2.78 bits per heavy atom. The number of nitrogens with zero attached hydrogens (tertiary/aromatic N) is 2. The number of rotatable bonds is 4. The van der Waals surface area contributed by atoms with Crippen LogP contribution in [-0.2, 0) is 17.8 Å². The Kier molecular flexibility index (Phi) is 4.66. The van der Waals surface area contributed by atoms with Crippen LogP contribution in [0.1, 0.15) is 12.2 Å². The molecule has 27 heavy (non-hydrogen) atoms. The highest BCUT2D eigenvalue weighted by molar-refractivity contribution is 6.32. The van der Waals surface area contributed by atoms with Crippen LogP contribution in [0.5, 0.6) is 11.5 Å². The Morgan fingerprint density at radius 2 is 2.00 bits per heavy atom. The number of ether oxygens (including phenoxy) is 2. The monoisotopic (exact) mass is 385 g/mol. The third kappa shape index (κ3) is 3.21. The molecule has 1 aliphatic rings. The number of carbonyl (C=O) groups excluding carboxylic acids is 1. The van der Waals surface area contributed by atoms with Gasteiger partial charge in [0, 0.05) is 24.9 Å². The van der Waals surface area contributed by atoms with Crippen molar-refractivity contribution in [1.82, 2.24) is 9.55 Å². The third-order valence-corrected chi connectivity index (χ3v) is 5.26. The molecule has 1 aliphatic heterocycles. The summed E-state index contributed by atoms with van der Waals surface area (Å²) in [5.74, 6) is 1.74. The van der Waals surface area contributed by atoms with Gasteiger partial charge in [-0.2, -0.15) is 0 Å². The molecule has 140 valence electrons. The van der Waals surface area contributed by atoms with Crippen molar-refractivity contribution < 1.29 is 14.3 Å². The van der Waals surface area contributed by atoms with Crippen LogP contribution in [0, 0.1) is 5.92 Å². The lowest BCUT2D eigenvalue weighted by Crippen LogP contribution is -2.30. The number of methoxy groups -OCH3 is 2. The highest BCUT2D eigenvalue weighted by Gasteiger charge is 2.28. The Labute approximate surface area is 162 Å². The van der Waals surface area contributed by atoms with Gasteiger partial charge in [-0.05, 0) is 24.6 Å². The molecule has 4 rings (SSSR count). The summed E-state index contributed by atoms with van der Waals surface area (Å²) in [6.07, 6.45) is 1.36. The molecule has 0 fully saturated rings. The molecule has 2 aromatic carbocycles. The summed E-state index contributed by atoms with van der Waals surface area (Å²) < 4.78 is 12.8. The van der Waals surface area contributed by atoms with Gasteiger partial charge in [0.15, 0.2) is 0 Å². The lowest BCUT2D eigenvalue weighted by Gasteiger charge is -2.23. The molecule has 7 heteroatoms. The van der Waals surface area contributed by atoms with Crippen molar-refractivity contribution in [3.63, 3.8) is 0 Å². The van der Waals surface area contributed by atoms with Gasteiger partial charge in [-0.25, -0.2) is 4.98 Å². The predicted octanol–water partition coefficient (Wildman–Crippen LogP) is 3.91. The fraction of sp³-hybridized carbons (Fsp3) is 0.300. The predicted molar refractivity (Wildman–Crippen MR) is 105 cm³/mol. The van der Waals surface area contributed by atoms with Crippen molar-refractivity contribution in [2.24, 2.45) is 5.92 Å². The van der Waals surface area contributed by atoms with E-state index in [9.17, 15) is 4.79 Å². The molecular formula is C20H20ClN3O3. The van der Waals surface area contributed by atoms with E-state index in [0.717, 1.165) is 29.8 Å². The van der Waals surface area contributed by atoms with E-state index in [4.69, 9.17) is 21.1 Å². The maximum atomic E-state index is 12.8. The zero-order chi connectivity index (χ0) is 19.0. The number of anilines is 1. The van der Waals surface area contributed by atoms with E-state index in [1.54, 1.807) is 19.2 Å². The second-order valence-electron chi connectivity index (χ2n) is 6.53. The van der Waals surface area contributed by atoms with Crippen LogP contribution in [0.4, 0.5) is 5.69 Å². The first-order valence-electron chi connectivity index (χ1n) is 8.77. The number of imidazole rings is 1. The summed E-state index contributed by atoms with van der Waals surface area (Å²) in [5, 5.41) is 3.36. The number of aryl methyl sites for hydroxylation is 1. The molecule has 1 N–H and O–H groups in total. The van der Waals surface area contributed by atoms with Crippen molar-refractivity contribution in [1.29, 1.82) is 0 Å². The maximum Gasteiger partial charge on any atom is 0.228 e. The van der Waals surface area contributed by atoms with Crippen LogP contribution in [0.15, 0.2) is 36.4 Å². The number of nitrogens with one attached hydrogen (secondary N) is 1. The summed E-state index contributed by atoms with van der Waals surface area (Å²) in [6, 6.07) is 11.4. The first-order chi connectivity index (χ1) is 13.1. The van der Waals surface area contributed by atoms with Gasteiger partial charge in [-0.15, -0.1) is 0 Å². The molecule has 6 nitrogen and oxygen atoms in total. The molecule has 0 spiro atoms. The van der Waals surface area contributed by atoms with Crippen LogP contribution < -0.4 is 14.8 Å². The summed E-state index contributed by atoms with van der Waals surface area (Å²) in [6.45, 7) is 0.772. The maximum absolute atomic E-state index is 12.8. The fourth-order valence-corrected chi connectivity index (χ4v) is 3.80. The second-order valence-corrected chi connectivity index (χ2v) is 6.94. The number of hydrogen-bond donors (Lipinski definition) is 1. The molecule has 1 aromatic heterocycles. The summed E-state index contributed by atoms with van der Waals surface area (Å²) >= 11 is 6.19. The largest absolute Gasteiger partial charge is 0.495 e. The van der Waals surface area contributed by atoms with Gasteiger partial charge >= 0.3 is 0 Å². The quantitative estimate of drug-likeness (QED) is 0.739. The molecule has 3 aromatic rings. The van der Waals surface area contributed by atoms with E-state index in [1.165, 1.54) is 7.11 Å². The summed E-state index contributed by atoms with van der Waals surface area (Å²) in [7, 11) is 3.08. The van der Waals surface area contributed by atoms with Crippen molar-refractivity contribution >= 4 is 34.2 Å². The number of amides is 1. The average Bonchev–Trinajstić information content (AvgIpc) is 3.06. The van der Waals surface area contributed by atoms with E-state index >= 15 is 0 Å². The zero-order valence-corrected chi connectivity index (χ0v) is 15.9. The minimum atomic E-state index is -0.153. The van der Waals surface area contributed by atoms with Crippen LogP contribution in [0.2, 0.25) is 5.02 Å². The topological polar surface area (TPSA) is 65.4 Å². The average molecular weight is 386 g/mol. The SMILES string of the molecule is COc1cc(OC)c(NC(=O)C2CCn3c(nc4ccccc43)C2)cc1Cl. The molecule has 0 saturated heterocycles. The third-order valence-electron chi connectivity index (χ3n) is 4.97. The number of hydrogen-bond acceptors (Lipinski definition) is 4. The first-order valence-corrected chi connectivity index (χ1v) is 9.15. The molecule has 0 saturated carbocycles. The number of carbonyl (C=O) groups is 1. The number of aromatic nitrogens is 2. The van der Waals surface area contributed by atoms with Crippen LogP contribution in [0.25, 0.3) is 11.0 Å². The van der Waals surface area contributed by atoms with Crippen molar-refractivity contribution in [2.45, 2.75) is 19.4 Å². The fourth-order valence-electron chi connectivity index (χ4n) is 3.55. The normalized spacial score (nSPS) is 16.0. The van der Waals surface area contributed by atoms with Crippen LogP contribution in [0.3, 0.4) is 0 Å². The Morgan fingerprint density at radius 1 is 1.22 bits per heavy atom. The first kappa shape index (κ1) is 17.7. The smallest absolute Gasteiger partial charge is 0.228 e. The van der Waals surface area contributed by atoms with Crippen molar-refractivity contribution in [2.75, 3.05) is 19.5 Å². The van der Waals surface area contributed by atoms with Crippen molar-refractivity contribution in [3.8, 4) is 11.5 Å². The standard InChI is InChI=1S/C20H20ClN3O3/c1-26-17-11-18(27-2)15(10-13(17)21)23-20(25)12-7-8-24-16-6-4-3-5-14(16)22-19(24)9-12/h3-6,10-12H,7-9H2,1-2H3,(H,23,25). The molecular weight excluding hydrogens is 366 g/mol. The second kappa shape index (κ2) is 7.12. The molecule has 0 aliphatic carbocycles. The minimum Gasteiger partial charge on any atom is -0.495 e. The van der Waals surface area contributed by atoms with Gasteiger partial charge < -0.3 is 19.4 Å². The summed E-state index contributed by atoms with van der Waals surface area (Å²) in [5.41, 5.74) is 2.62. The molecule has 1 unspecified atom stereocenters. The lowest BCUT2D eigenvalue weighted by molar-refractivity contribution is -0.120.